The van der Waals surface area contributed by atoms with Gasteiger partial charge in [0, 0.05) is 6.42 Å². The van der Waals surface area contributed by atoms with Crippen molar-refractivity contribution in [3.05, 3.63) is 35.4 Å². The number of ether oxygens (including phenoxy) is 1. The Labute approximate surface area is 128 Å². The largest absolute Gasteiger partial charge is 0.481 e. The van der Waals surface area contributed by atoms with E-state index in [2.05, 4.69) is 0 Å². The van der Waals surface area contributed by atoms with E-state index >= 15 is 0 Å². The zero-order chi connectivity index (χ0) is 16.5. The molecule has 0 heterocycles. The van der Waals surface area contributed by atoms with Gasteiger partial charge in [-0.15, -0.1) is 0 Å². The first-order valence-corrected chi connectivity index (χ1v) is 7.17. The molecule has 0 saturated heterocycles. The molecule has 2 N–H and O–H groups in total. The lowest BCUT2D eigenvalue weighted by atomic mass is 10.00. The van der Waals surface area contributed by atoms with Gasteiger partial charge in [-0.2, -0.15) is 0 Å². The van der Waals surface area contributed by atoms with E-state index < -0.39 is 17.9 Å². The summed E-state index contributed by atoms with van der Waals surface area (Å²) < 4.78 is 5.18. The van der Waals surface area contributed by atoms with Crippen LogP contribution in [-0.2, 0) is 9.53 Å². The van der Waals surface area contributed by atoms with Crippen LogP contribution in [0.5, 0.6) is 0 Å². The Morgan fingerprint density at radius 3 is 2.32 bits per heavy atom. The van der Waals surface area contributed by atoms with Crippen LogP contribution in [0.3, 0.4) is 0 Å². The Morgan fingerprint density at radius 1 is 1.14 bits per heavy atom. The summed E-state index contributed by atoms with van der Waals surface area (Å²) in [6.07, 6.45) is 2.02. The predicted molar refractivity (Wildman–Crippen MR) is 79.0 cm³/mol. The Kier molecular flexibility index (Phi) is 7.08. The fraction of sp³-hybridized carbons (Fsp3) is 0.438. The van der Waals surface area contributed by atoms with Crippen LogP contribution in [0.1, 0.15) is 53.3 Å². The van der Waals surface area contributed by atoms with Crippen LogP contribution in [0.4, 0.5) is 0 Å². The van der Waals surface area contributed by atoms with Gasteiger partial charge in [-0.3, -0.25) is 4.79 Å². The van der Waals surface area contributed by atoms with E-state index in [0.717, 1.165) is 6.42 Å². The summed E-state index contributed by atoms with van der Waals surface area (Å²) >= 11 is 0. The topological polar surface area (TPSA) is 101 Å². The molecule has 0 unspecified atom stereocenters. The zero-order valence-corrected chi connectivity index (χ0v) is 12.4. The number of carboxylic acid groups (broad SMARTS) is 2. The highest BCUT2D eigenvalue weighted by Crippen LogP contribution is 2.16. The van der Waals surface area contributed by atoms with Gasteiger partial charge in [0.1, 0.15) is 0 Å². The number of rotatable bonds is 9. The second-order valence-corrected chi connectivity index (χ2v) is 5.01. The predicted octanol–water partition coefficient (Wildman–Crippen LogP) is 2.82. The molecule has 0 aliphatic rings. The molecule has 0 amide bonds. The van der Waals surface area contributed by atoms with Crippen LogP contribution >= 0.6 is 0 Å². The van der Waals surface area contributed by atoms with Crippen molar-refractivity contribution in [2.75, 3.05) is 6.61 Å². The smallest absolute Gasteiger partial charge is 0.339 e. The fourth-order valence-corrected chi connectivity index (χ4v) is 2.07. The molecule has 6 nitrogen and oxygen atoms in total. The molecule has 1 atom stereocenters. The van der Waals surface area contributed by atoms with Crippen molar-refractivity contribution in [1.82, 2.24) is 0 Å². The van der Waals surface area contributed by atoms with Crippen molar-refractivity contribution < 1.29 is 29.3 Å². The molecular weight excluding hydrogens is 288 g/mol. The first-order valence-electron chi connectivity index (χ1n) is 7.17. The second kappa shape index (κ2) is 8.81. The number of hydrogen-bond donors (Lipinski definition) is 2. The Balaban J connectivity index is 2.57. The molecule has 1 aromatic carbocycles. The van der Waals surface area contributed by atoms with E-state index in [1.807, 2.05) is 6.92 Å². The van der Waals surface area contributed by atoms with Crippen LogP contribution in [-0.4, -0.2) is 34.7 Å². The van der Waals surface area contributed by atoms with Gasteiger partial charge >= 0.3 is 17.9 Å². The van der Waals surface area contributed by atoms with E-state index in [1.54, 1.807) is 12.1 Å². The first-order chi connectivity index (χ1) is 10.5. The van der Waals surface area contributed by atoms with Gasteiger partial charge in [0.05, 0.1) is 17.7 Å². The maximum absolute atomic E-state index is 12.0. The number of aliphatic carboxylic acids is 1. The van der Waals surface area contributed by atoms with Gasteiger partial charge in [-0.25, -0.2) is 9.59 Å². The summed E-state index contributed by atoms with van der Waals surface area (Å²) in [5, 5.41) is 17.7. The van der Waals surface area contributed by atoms with E-state index in [0.29, 0.717) is 12.8 Å². The summed E-state index contributed by atoms with van der Waals surface area (Å²) in [4.78, 5) is 33.5. The summed E-state index contributed by atoms with van der Waals surface area (Å²) in [7, 11) is 0. The molecule has 1 rings (SSSR count). The third-order valence-corrected chi connectivity index (χ3v) is 3.41. The molecule has 0 fully saturated rings. The summed E-state index contributed by atoms with van der Waals surface area (Å²) in [5.41, 5.74) is -0.0678. The van der Waals surface area contributed by atoms with Gasteiger partial charge < -0.3 is 14.9 Å². The Morgan fingerprint density at radius 2 is 1.77 bits per heavy atom. The number of carbonyl (C=O) groups is 3. The number of carboxylic acids is 2. The molecule has 0 bridgehead atoms. The van der Waals surface area contributed by atoms with Crippen LogP contribution in [0.2, 0.25) is 0 Å². The molecule has 0 radical (unpaired) electrons. The standard InChI is InChI=1S/C16H20O6/c1-2-11(6-5-9-14(17)18)10-22-16(21)13-8-4-3-7-12(13)15(19)20/h3-4,7-8,11H,2,5-6,9-10H2,1H3,(H,17,18)(H,19,20)/t11-/m1/s1. The van der Waals surface area contributed by atoms with Gasteiger partial charge in [0.2, 0.25) is 0 Å². The first kappa shape index (κ1) is 17.7. The van der Waals surface area contributed by atoms with Crippen LogP contribution in [0.15, 0.2) is 24.3 Å². The monoisotopic (exact) mass is 308 g/mol. The third kappa shape index (κ3) is 5.55. The minimum Gasteiger partial charge on any atom is -0.481 e. The summed E-state index contributed by atoms with van der Waals surface area (Å²) in [6, 6.07) is 5.88. The highest BCUT2D eigenvalue weighted by atomic mass is 16.5. The van der Waals surface area contributed by atoms with Crippen molar-refractivity contribution in [3.8, 4) is 0 Å². The number of benzene rings is 1. The molecule has 0 spiro atoms. The molecule has 0 aromatic heterocycles. The molecular formula is C16H20O6. The Hall–Kier alpha value is -2.37. The van der Waals surface area contributed by atoms with Gasteiger partial charge in [-0.05, 0) is 30.9 Å². The van der Waals surface area contributed by atoms with E-state index in [9.17, 15) is 14.4 Å². The number of carbonyl (C=O) groups excluding carboxylic acids is 1. The Bertz CT molecular complexity index is 537. The van der Waals surface area contributed by atoms with Gasteiger partial charge in [0.15, 0.2) is 0 Å². The van der Waals surface area contributed by atoms with E-state index in [-0.39, 0.29) is 30.1 Å². The lowest BCUT2D eigenvalue weighted by Crippen LogP contribution is -2.16. The maximum Gasteiger partial charge on any atom is 0.339 e. The normalized spacial score (nSPS) is 11.7. The highest BCUT2D eigenvalue weighted by Gasteiger charge is 2.18. The van der Waals surface area contributed by atoms with Crippen molar-refractivity contribution in [3.63, 3.8) is 0 Å². The molecule has 0 aliphatic heterocycles. The van der Waals surface area contributed by atoms with Gasteiger partial charge in [0.25, 0.3) is 0 Å². The van der Waals surface area contributed by atoms with E-state index in [4.69, 9.17) is 14.9 Å². The molecule has 120 valence electrons. The average molecular weight is 308 g/mol. The van der Waals surface area contributed by atoms with Crippen LogP contribution < -0.4 is 0 Å². The number of esters is 1. The van der Waals surface area contributed by atoms with Crippen LogP contribution in [0.25, 0.3) is 0 Å². The van der Waals surface area contributed by atoms with Crippen molar-refractivity contribution >= 4 is 17.9 Å². The molecule has 6 heteroatoms. The van der Waals surface area contributed by atoms with Crippen molar-refractivity contribution in [2.24, 2.45) is 5.92 Å². The molecule has 0 aliphatic carbocycles. The van der Waals surface area contributed by atoms with Crippen molar-refractivity contribution in [1.29, 1.82) is 0 Å². The average Bonchev–Trinajstić information content (AvgIpc) is 2.49. The minimum absolute atomic E-state index is 0.0235. The highest BCUT2D eigenvalue weighted by molar-refractivity contribution is 6.02. The lowest BCUT2D eigenvalue weighted by Gasteiger charge is -2.15. The van der Waals surface area contributed by atoms with Crippen LogP contribution in [0, 0.1) is 5.92 Å². The number of hydrogen-bond acceptors (Lipinski definition) is 4. The molecule has 0 saturated carbocycles. The van der Waals surface area contributed by atoms with E-state index in [1.165, 1.54) is 12.1 Å². The molecule has 1 aromatic rings. The SMILES string of the molecule is CC[C@H](CCCC(=O)O)COC(=O)c1ccccc1C(=O)O. The third-order valence-electron chi connectivity index (χ3n) is 3.41. The quantitative estimate of drug-likeness (QED) is 0.680. The second-order valence-electron chi connectivity index (χ2n) is 5.01. The number of aromatic carboxylic acids is 1. The van der Waals surface area contributed by atoms with Gasteiger partial charge in [-0.1, -0.05) is 25.5 Å². The molecule has 22 heavy (non-hydrogen) atoms. The maximum atomic E-state index is 12.0. The fourth-order valence-electron chi connectivity index (χ4n) is 2.07. The lowest BCUT2D eigenvalue weighted by molar-refractivity contribution is -0.137. The zero-order valence-electron chi connectivity index (χ0n) is 12.4. The van der Waals surface area contributed by atoms with Crippen molar-refractivity contribution in [2.45, 2.75) is 32.6 Å². The minimum atomic E-state index is -1.18. The summed E-state index contributed by atoms with van der Waals surface area (Å²) in [5.74, 6) is -2.63. The summed E-state index contributed by atoms with van der Waals surface area (Å²) in [6.45, 7) is 2.09.